The van der Waals surface area contributed by atoms with E-state index in [2.05, 4.69) is 22.1 Å². The fourth-order valence-electron chi connectivity index (χ4n) is 0.551. The summed E-state index contributed by atoms with van der Waals surface area (Å²) >= 11 is 1.34. The molecule has 0 bridgehead atoms. The molecule has 1 amide bonds. The van der Waals surface area contributed by atoms with E-state index in [1.54, 1.807) is 6.92 Å². The standard InChI is InChI=1S/C7H9N3OS/c1-4(2)6(11)8-7-10-9-5(3)12-7/h1H2,2-3H3,(H,8,10,11). The maximum absolute atomic E-state index is 11.0. The number of hydrogen-bond donors (Lipinski definition) is 1. The molecule has 0 aliphatic heterocycles. The summed E-state index contributed by atoms with van der Waals surface area (Å²) in [4.78, 5) is 11.0. The summed E-state index contributed by atoms with van der Waals surface area (Å²) in [6, 6.07) is 0. The number of carbonyl (C=O) groups excluding carboxylic acids is 1. The Labute approximate surface area is 74.3 Å². The molecule has 0 spiro atoms. The van der Waals surface area contributed by atoms with Crippen LogP contribution >= 0.6 is 11.3 Å². The number of hydrogen-bond acceptors (Lipinski definition) is 4. The molecule has 5 heteroatoms. The van der Waals surface area contributed by atoms with Gasteiger partial charge in [-0.15, -0.1) is 10.2 Å². The van der Waals surface area contributed by atoms with Gasteiger partial charge in [0.25, 0.3) is 5.91 Å². The van der Waals surface area contributed by atoms with Gasteiger partial charge in [0.1, 0.15) is 5.01 Å². The molecule has 0 saturated carbocycles. The monoisotopic (exact) mass is 183 g/mol. The number of nitrogens with zero attached hydrogens (tertiary/aromatic N) is 2. The zero-order valence-corrected chi connectivity index (χ0v) is 7.73. The predicted molar refractivity (Wildman–Crippen MR) is 48.1 cm³/mol. The normalized spacial score (nSPS) is 9.50. The topological polar surface area (TPSA) is 54.9 Å². The first-order valence-electron chi connectivity index (χ1n) is 3.36. The van der Waals surface area contributed by atoms with Crippen LogP contribution in [0.1, 0.15) is 11.9 Å². The van der Waals surface area contributed by atoms with Crippen molar-refractivity contribution in [1.82, 2.24) is 10.2 Å². The van der Waals surface area contributed by atoms with Crippen LogP contribution in [0.2, 0.25) is 0 Å². The van der Waals surface area contributed by atoms with Crippen molar-refractivity contribution in [2.24, 2.45) is 0 Å². The first kappa shape index (κ1) is 8.86. The number of amides is 1. The Morgan fingerprint density at radius 3 is 2.67 bits per heavy atom. The Morgan fingerprint density at radius 1 is 1.58 bits per heavy atom. The molecular weight excluding hydrogens is 174 g/mol. The van der Waals surface area contributed by atoms with Crippen molar-refractivity contribution < 1.29 is 4.79 Å². The van der Waals surface area contributed by atoms with Crippen molar-refractivity contribution in [3.63, 3.8) is 0 Å². The van der Waals surface area contributed by atoms with Crippen LogP contribution in [-0.2, 0) is 4.79 Å². The average Bonchev–Trinajstić information content (AvgIpc) is 2.35. The van der Waals surface area contributed by atoms with E-state index >= 15 is 0 Å². The lowest BCUT2D eigenvalue weighted by atomic mass is 10.3. The summed E-state index contributed by atoms with van der Waals surface area (Å²) < 4.78 is 0. The highest BCUT2D eigenvalue weighted by Crippen LogP contribution is 2.13. The van der Waals surface area contributed by atoms with Crippen LogP contribution in [-0.4, -0.2) is 16.1 Å². The van der Waals surface area contributed by atoms with E-state index < -0.39 is 0 Å². The zero-order valence-electron chi connectivity index (χ0n) is 6.92. The minimum Gasteiger partial charge on any atom is -0.297 e. The second-order valence-corrected chi connectivity index (χ2v) is 3.54. The maximum Gasteiger partial charge on any atom is 0.252 e. The van der Waals surface area contributed by atoms with E-state index in [1.807, 2.05) is 6.92 Å². The van der Waals surface area contributed by atoms with E-state index in [-0.39, 0.29) is 5.91 Å². The van der Waals surface area contributed by atoms with Gasteiger partial charge >= 0.3 is 0 Å². The lowest BCUT2D eigenvalue weighted by Crippen LogP contribution is -2.11. The summed E-state index contributed by atoms with van der Waals surface area (Å²) in [5.74, 6) is -0.217. The number of nitrogens with one attached hydrogen (secondary N) is 1. The third-order valence-corrected chi connectivity index (χ3v) is 1.89. The molecule has 0 aliphatic rings. The first-order chi connectivity index (χ1) is 5.59. The van der Waals surface area contributed by atoms with Crippen molar-refractivity contribution in [2.45, 2.75) is 13.8 Å². The fourth-order valence-corrected chi connectivity index (χ4v) is 1.14. The third kappa shape index (κ3) is 2.13. The summed E-state index contributed by atoms with van der Waals surface area (Å²) in [5, 5.41) is 11.4. The van der Waals surface area contributed by atoms with Gasteiger partial charge in [-0.3, -0.25) is 10.1 Å². The fraction of sp³-hybridized carbons (Fsp3) is 0.286. The van der Waals surface area contributed by atoms with Crippen LogP contribution in [0.4, 0.5) is 5.13 Å². The number of aryl methyl sites for hydroxylation is 1. The van der Waals surface area contributed by atoms with E-state index in [1.165, 1.54) is 11.3 Å². The quantitative estimate of drug-likeness (QED) is 0.704. The lowest BCUT2D eigenvalue weighted by molar-refractivity contribution is -0.112. The summed E-state index contributed by atoms with van der Waals surface area (Å²) in [7, 11) is 0. The molecule has 64 valence electrons. The zero-order chi connectivity index (χ0) is 9.14. The van der Waals surface area contributed by atoms with Gasteiger partial charge in [0.2, 0.25) is 5.13 Å². The largest absolute Gasteiger partial charge is 0.297 e. The van der Waals surface area contributed by atoms with Gasteiger partial charge in [-0.2, -0.15) is 0 Å². The molecule has 0 aromatic carbocycles. The second-order valence-electron chi connectivity index (χ2n) is 2.36. The minimum absolute atomic E-state index is 0.217. The summed E-state index contributed by atoms with van der Waals surface area (Å²) in [6.07, 6.45) is 0. The van der Waals surface area contributed by atoms with Crippen molar-refractivity contribution in [3.8, 4) is 0 Å². The molecule has 0 saturated heterocycles. The van der Waals surface area contributed by atoms with Gasteiger partial charge in [0.15, 0.2) is 0 Å². The Balaban J connectivity index is 2.64. The molecule has 0 aliphatic carbocycles. The summed E-state index contributed by atoms with van der Waals surface area (Å²) in [6.45, 7) is 6.97. The van der Waals surface area contributed by atoms with E-state index in [0.717, 1.165) is 5.01 Å². The smallest absolute Gasteiger partial charge is 0.252 e. The molecule has 0 unspecified atom stereocenters. The molecule has 1 heterocycles. The van der Waals surface area contributed by atoms with E-state index in [4.69, 9.17) is 0 Å². The van der Waals surface area contributed by atoms with Crippen molar-refractivity contribution in [2.75, 3.05) is 5.32 Å². The first-order valence-corrected chi connectivity index (χ1v) is 4.18. The molecule has 0 fully saturated rings. The number of anilines is 1. The number of rotatable bonds is 2. The van der Waals surface area contributed by atoms with Gasteiger partial charge in [0.05, 0.1) is 0 Å². The molecule has 1 aromatic heterocycles. The molecular formula is C7H9N3OS. The van der Waals surface area contributed by atoms with Crippen LogP contribution < -0.4 is 5.32 Å². The molecule has 4 nitrogen and oxygen atoms in total. The van der Waals surface area contributed by atoms with Gasteiger partial charge in [-0.25, -0.2) is 0 Å². The molecule has 12 heavy (non-hydrogen) atoms. The highest BCUT2D eigenvalue weighted by atomic mass is 32.1. The number of carbonyl (C=O) groups is 1. The van der Waals surface area contributed by atoms with Crippen LogP contribution in [0.5, 0.6) is 0 Å². The molecule has 1 N–H and O–H groups in total. The predicted octanol–water partition coefficient (Wildman–Crippen LogP) is 1.36. The third-order valence-electron chi connectivity index (χ3n) is 1.13. The Kier molecular flexibility index (Phi) is 2.54. The highest BCUT2D eigenvalue weighted by molar-refractivity contribution is 7.15. The van der Waals surface area contributed by atoms with Crippen LogP contribution in [0.3, 0.4) is 0 Å². The van der Waals surface area contributed by atoms with Crippen LogP contribution in [0.15, 0.2) is 12.2 Å². The molecule has 1 rings (SSSR count). The maximum atomic E-state index is 11.0. The molecule has 0 radical (unpaired) electrons. The van der Waals surface area contributed by atoms with E-state index in [0.29, 0.717) is 10.7 Å². The van der Waals surface area contributed by atoms with Crippen LogP contribution in [0, 0.1) is 6.92 Å². The van der Waals surface area contributed by atoms with Gasteiger partial charge in [-0.1, -0.05) is 17.9 Å². The van der Waals surface area contributed by atoms with Gasteiger partial charge < -0.3 is 0 Å². The van der Waals surface area contributed by atoms with Gasteiger partial charge in [-0.05, 0) is 13.8 Å². The van der Waals surface area contributed by atoms with Gasteiger partial charge in [0, 0.05) is 5.57 Å². The van der Waals surface area contributed by atoms with Crippen molar-refractivity contribution >= 4 is 22.4 Å². The Morgan fingerprint density at radius 2 is 2.25 bits per heavy atom. The van der Waals surface area contributed by atoms with Crippen molar-refractivity contribution in [3.05, 3.63) is 17.2 Å². The Bertz CT molecular complexity index is 318. The summed E-state index contributed by atoms with van der Waals surface area (Å²) in [5.41, 5.74) is 0.461. The van der Waals surface area contributed by atoms with E-state index in [9.17, 15) is 4.79 Å². The van der Waals surface area contributed by atoms with Crippen LogP contribution in [0.25, 0.3) is 0 Å². The highest BCUT2D eigenvalue weighted by Gasteiger charge is 2.05. The molecule has 0 atom stereocenters. The Hall–Kier alpha value is -1.23. The SMILES string of the molecule is C=C(C)C(=O)Nc1nnc(C)s1. The second kappa shape index (κ2) is 3.44. The molecule has 1 aromatic rings. The average molecular weight is 183 g/mol. The minimum atomic E-state index is -0.217. The number of aromatic nitrogens is 2. The van der Waals surface area contributed by atoms with Crippen molar-refractivity contribution in [1.29, 1.82) is 0 Å². The lowest BCUT2D eigenvalue weighted by Gasteiger charge is -1.96.